The van der Waals surface area contributed by atoms with Crippen LogP contribution in [0, 0.1) is 5.82 Å². The molecule has 0 spiro atoms. The van der Waals surface area contributed by atoms with Crippen molar-refractivity contribution in [1.29, 1.82) is 0 Å². The molecule has 2 heterocycles. The Hall–Kier alpha value is -2.43. The number of halogens is 1. The first-order valence-corrected chi connectivity index (χ1v) is 11.4. The van der Waals surface area contributed by atoms with Gasteiger partial charge in [-0.25, -0.2) is 9.18 Å². The molecule has 0 unspecified atom stereocenters. The molecule has 1 N–H and O–H groups in total. The van der Waals surface area contributed by atoms with Gasteiger partial charge in [0, 0.05) is 51.9 Å². The van der Waals surface area contributed by atoms with E-state index in [0.717, 1.165) is 12.8 Å². The number of benzene rings is 1. The van der Waals surface area contributed by atoms with E-state index < -0.39 is 11.4 Å². The number of aliphatic hydroxyl groups is 1. The first-order chi connectivity index (χ1) is 15.8. The Kier molecular flexibility index (Phi) is 8.87. The molecule has 2 saturated heterocycles. The first-order valence-electron chi connectivity index (χ1n) is 11.4. The zero-order valence-electron chi connectivity index (χ0n) is 19.4. The van der Waals surface area contributed by atoms with Gasteiger partial charge in [-0.15, -0.1) is 0 Å². The summed E-state index contributed by atoms with van der Waals surface area (Å²) in [6, 6.07) is 5.90. The first kappa shape index (κ1) is 25.2. The minimum absolute atomic E-state index is 0.0707. The van der Waals surface area contributed by atoms with Crippen molar-refractivity contribution in [3.8, 4) is 5.75 Å². The second-order valence-corrected chi connectivity index (χ2v) is 8.61. The summed E-state index contributed by atoms with van der Waals surface area (Å²) in [5.74, 6) is -0.315. The standard InChI is InChI=1S/C23H34FN3O6/c1-3-32-22(29)25-9-7-19(8-10-25)26-11-12-27(21(28)14-31-2)16-23(30,15-26)17-33-20-6-4-5-18(24)13-20/h4-6,13,19,30H,3,7-12,14-17H2,1-2H3/t23-/m0/s1. The van der Waals surface area contributed by atoms with Gasteiger partial charge in [0.25, 0.3) is 0 Å². The Morgan fingerprint density at radius 3 is 2.58 bits per heavy atom. The average molecular weight is 468 g/mol. The van der Waals surface area contributed by atoms with Crippen molar-refractivity contribution in [2.45, 2.75) is 31.4 Å². The fraction of sp³-hybridized carbons (Fsp3) is 0.652. The lowest BCUT2D eigenvalue weighted by Crippen LogP contribution is -2.55. The van der Waals surface area contributed by atoms with E-state index in [9.17, 15) is 19.1 Å². The number of rotatable bonds is 7. The molecule has 2 fully saturated rings. The molecule has 0 bridgehead atoms. The van der Waals surface area contributed by atoms with E-state index in [1.165, 1.54) is 19.2 Å². The second-order valence-electron chi connectivity index (χ2n) is 8.61. The van der Waals surface area contributed by atoms with Crippen LogP contribution in [0.5, 0.6) is 5.75 Å². The number of amides is 2. The van der Waals surface area contributed by atoms with E-state index in [4.69, 9.17) is 14.2 Å². The fourth-order valence-electron chi connectivity index (χ4n) is 4.42. The topological polar surface area (TPSA) is 91.8 Å². The number of hydrogen-bond donors (Lipinski definition) is 1. The van der Waals surface area contributed by atoms with E-state index in [0.29, 0.717) is 45.1 Å². The van der Waals surface area contributed by atoms with Gasteiger partial charge in [0.1, 0.15) is 30.4 Å². The largest absolute Gasteiger partial charge is 0.490 e. The smallest absolute Gasteiger partial charge is 0.409 e. The summed E-state index contributed by atoms with van der Waals surface area (Å²) in [5, 5.41) is 11.5. The zero-order chi connectivity index (χ0) is 23.8. The number of ether oxygens (including phenoxy) is 3. The van der Waals surface area contributed by atoms with Crippen molar-refractivity contribution < 1.29 is 33.3 Å². The Morgan fingerprint density at radius 1 is 1.15 bits per heavy atom. The van der Waals surface area contributed by atoms with Crippen LogP contribution in [0.1, 0.15) is 19.8 Å². The minimum atomic E-state index is -1.36. The van der Waals surface area contributed by atoms with Gasteiger partial charge in [-0.3, -0.25) is 9.69 Å². The van der Waals surface area contributed by atoms with Gasteiger partial charge in [-0.2, -0.15) is 0 Å². The third kappa shape index (κ3) is 7.02. The van der Waals surface area contributed by atoms with Crippen LogP contribution in [0.3, 0.4) is 0 Å². The Bertz CT molecular complexity index is 804. The highest BCUT2D eigenvalue weighted by Crippen LogP contribution is 2.24. The fourth-order valence-corrected chi connectivity index (χ4v) is 4.42. The molecule has 184 valence electrons. The molecule has 1 aromatic rings. The highest BCUT2D eigenvalue weighted by atomic mass is 19.1. The molecule has 10 heteroatoms. The molecular formula is C23H34FN3O6. The van der Waals surface area contributed by atoms with E-state index >= 15 is 0 Å². The number of piperidine rings is 1. The van der Waals surface area contributed by atoms with Gasteiger partial charge in [0.05, 0.1) is 13.2 Å². The predicted octanol–water partition coefficient (Wildman–Crippen LogP) is 1.35. The lowest BCUT2D eigenvalue weighted by molar-refractivity contribution is -0.138. The number of β-amino-alcohol motifs (C(OH)–C–C–N with tert-alkyl or cyclic N) is 1. The molecule has 1 atom stereocenters. The monoisotopic (exact) mass is 467 g/mol. The molecule has 3 rings (SSSR count). The van der Waals surface area contributed by atoms with E-state index in [1.54, 1.807) is 28.9 Å². The molecule has 33 heavy (non-hydrogen) atoms. The van der Waals surface area contributed by atoms with Crippen LogP contribution < -0.4 is 4.74 Å². The number of nitrogens with zero attached hydrogens (tertiary/aromatic N) is 3. The summed E-state index contributed by atoms with van der Waals surface area (Å²) in [6.45, 7) is 4.52. The quantitative estimate of drug-likeness (QED) is 0.647. The summed E-state index contributed by atoms with van der Waals surface area (Å²) in [5.41, 5.74) is -1.36. The lowest BCUT2D eigenvalue weighted by Gasteiger charge is -2.40. The van der Waals surface area contributed by atoms with Gasteiger partial charge >= 0.3 is 6.09 Å². The Labute approximate surface area is 194 Å². The number of hydrogen-bond acceptors (Lipinski definition) is 7. The minimum Gasteiger partial charge on any atom is -0.490 e. The summed E-state index contributed by atoms with van der Waals surface area (Å²) in [6.07, 6.45) is 1.18. The number of carbonyl (C=O) groups excluding carboxylic acids is 2. The normalized spacial score (nSPS) is 22.7. The number of methoxy groups -OCH3 is 1. The molecule has 2 aliphatic rings. The molecule has 0 aliphatic carbocycles. The second kappa shape index (κ2) is 11.6. The summed E-state index contributed by atoms with van der Waals surface area (Å²) in [4.78, 5) is 30.0. The summed E-state index contributed by atoms with van der Waals surface area (Å²) in [7, 11) is 1.46. The van der Waals surface area contributed by atoms with Crippen LogP contribution in [0.4, 0.5) is 9.18 Å². The molecule has 0 aromatic heterocycles. The molecule has 2 amide bonds. The highest BCUT2D eigenvalue weighted by molar-refractivity contribution is 5.77. The van der Waals surface area contributed by atoms with E-state index in [2.05, 4.69) is 4.90 Å². The van der Waals surface area contributed by atoms with Crippen LogP contribution in [0.2, 0.25) is 0 Å². The molecular weight excluding hydrogens is 433 g/mol. The maximum Gasteiger partial charge on any atom is 0.409 e. The van der Waals surface area contributed by atoms with E-state index in [1.807, 2.05) is 0 Å². The van der Waals surface area contributed by atoms with Crippen molar-refractivity contribution in [3.63, 3.8) is 0 Å². The van der Waals surface area contributed by atoms with Crippen molar-refractivity contribution >= 4 is 12.0 Å². The van der Waals surface area contributed by atoms with Gasteiger partial charge < -0.3 is 29.1 Å². The van der Waals surface area contributed by atoms with Gasteiger partial charge in [0.15, 0.2) is 0 Å². The van der Waals surface area contributed by atoms with Crippen LogP contribution in [0.25, 0.3) is 0 Å². The van der Waals surface area contributed by atoms with Gasteiger partial charge in [-0.05, 0) is 31.9 Å². The third-order valence-electron chi connectivity index (χ3n) is 6.07. The summed E-state index contributed by atoms with van der Waals surface area (Å²) >= 11 is 0. The maximum absolute atomic E-state index is 13.5. The lowest BCUT2D eigenvalue weighted by atomic mass is 9.99. The highest BCUT2D eigenvalue weighted by Gasteiger charge is 2.40. The molecule has 0 radical (unpaired) electrons. The average Bonchev–Trinajstić information content (AvgIpc) is 2.98. The van der Waals surface area contributed by atoms with Crippen LogP contribution in [-0.4, -0.2) is 110 Å². The third-order valence-corrected chi connectivity index (χ3v) is 6.07. The van der Waals surface area contributed by atoms with Gasteiger partial charge in [0.2, 0.25) is 5.91 Å². The SMILES string of the molecule is CCOC(=O)N1CCC(N2CCN(C(=O)COC)C[C@](O)(COc3cccc(F)c3)C2)CC1. The molecule has 0 saturated carbocycles. The van der Waals surface area contributed by atoms with E-state index in [-0.39, 0.29) is 37.8 Å². The van der Waals surface area contributed by atoms with Gasteiger partial charge in [-0.1, -0.05) is 6.07 Å². The predicted molar refractivity (Wildman–Crippen MR) is 118 cm³/mol. The number of likely N-dealkylation sites (tertiary alicyclic amines) is 1. The summed E-state index contributed by atoms with van der Waals surface area (Å²) < 4.78 is 29.4. The zero-order valence-corrected chi connectivity index (χ0v) is 19.4. The van der Waals surface area contributed by atoms with Crippen molar-refractivity contribution in [1.82, 2.24) is 14.7 Å². The Morgan fingerprint density at radius 2 is 1.91 bits per heavy atom. The van der Waals surface area contributed by atoms with Crippen molar-refractivity contribution in [3.05, 3.63) is 30.1 Å². The van der Waals surface area contributed by atoms with Crippen molar-refractivity contribution in [2.75, 3.05) is 66.2 Å². The number of carbonyl (C=O) groups is 2. The van der Waals surface area contributed by atoms with Crippen molar-refractivity contribution in [2.24, 2.45) is 0 Å². The molecule has 1 aromatic carbocycles. The van der Waals surface area contributed by atoms with Crippen LogP contribution in [0.15, 0.2) is 24.3 Å². The van der Waals surface area contributed by atoms with Crippen LogP contribution in [-0.2, 0) is 14.3 Å². The molecule has 9 nitrogen and oxygen atoms in total. The molecule has 2 aliphatic heterocycles. The van der Waals surface area contributed by atoms with Crippen LogP contribution >= 0.6 is 0 Å². The maximum atomic E-state index is 13.5. The Balaban J connectivity index is 1.69.